The van der Waals surface area contributed by atoms with Crippen LogP contribution in [0.1, 0.15) is 53.4 Å². The van der Waals surface area contributed by atoms with Crippen molar-refractivity contribution >= 4 is 11.9 Å². The van der Waals surface area contributed by atoms with Crippen LogP contribution >= 0.6 is 0 Å². The van der Waals surface area contributed by atoms with Crippen molar-refractivity contribution in [2.75, 3.05) is 26.2 Å². The van der Waals surface area contributed by atoms with Gasteiger partial charge in [-0.1, -0.05) is 27.7 Å². The Morgan fingerprint density at radius 1 is 1.23 bits per heavy atom. The van der Waals surface area contributed by atoms with Crippen molar-refractivity contribution in [1.82, 2.24) is 9.80 Å². The molecular weight excluding hydrogens is 280 g/mol. The van der Waals surface area contributed by atoms with Crippen LogP contribution in [-0.4, -0.2) is 59.0 Å². The molecule has 1 fully saturated rings. The molecule has 0 aromatic rings. The first kappa shape index (κ1) is 18.9. The topological polar surface area (TPSA) is 60.9 Å². The van der Waals surface area contributed by atoms with Gasteiger partial charge in [-0.05, 0) is 37.6 Å². The summed E-state index contributed by atoms with van der Waals surface area (Å²) in [4.78, 5) is 27.2. The largest absolute Gasteiger partial charge is 0.480 e. The van der Waals surface area contributed by atoms with Crippen molar-refractivity contribution in [3.05, 3.63) is 0 Å². The lowest BCUT2D eigenvalue weighted by Crippen LogP contribution is -2.48. The summed E-state index contributed by atoms with van der Waals surface area (Å²) < 4.78 is 0. The molecule has 0 spiro atoms. The zero-order valence-electron chi connectivity index (χ0n) is 14.5. The Bertz CT molecular complexity index is 363. The molecule has 1 rings (SSSR count). The number of carbonyl (C=O) groups is 2. The number of aliphatic carboxylic acids is 1. The van der Waals surface area contributed by atoms with Gasteiger partial charge in [0.1, 0.15) is 0 Å². The molecule has 1 heterocycles. The molecule has 128 valence electrons. The summed E-state index contributed by atoms with van der Waals surface area (Å²) in [7, 11) is 0. The number of hydrogen-bond acceptors (Lipinski definition) is 3. The summed E-state index contributed by atoms with van der Waals surface area (Å²) in [6, 6.07) is 0.290. The van der Waals surface area contributed by atoms with Crippen molar-refractivity contribution in [2.45, 2.75) is 59.4 Å². The standard InChI is InChI=1S/C17H32N2O3/c1-5-18(12-17(21)22)15-6-8-19(9-7-15)16(20)11-14(4)10-13(2)3/h13-15H,5-12H2,1-4H3,(H,21,22). The second kappa shape index (κ2) is 9.13. The fraction of sp³-hybridized carbons (Fsp3) is 0.882. The van der Waals surface area contributed by atoms with Crippen LogP contribution in [0, 0.1) is 11.8 Å². The molecule has 0 saturated carbocycles. The Morgan fingerprint density at radius 2 is 1.82 bits per heavy atom. The van der Waals surface area contributed by atoms with Gasteiger partial charge in [0.15, 0.2) is 0 Å². The maximum absolute atomic E-state index is 12.3. The Labute approximate surface area is 134 Å². The Morgan fingerprint density at radius 3 is 2.27 bits per heavy atom. The molecule has 5 nitrogen and oxygen atoms in total. The number of likely N-dealkylation sites (tertiary alicyclic amines) is 1. The van der Waals surface area contributed by atoms with E-state index in [1.165, 1.54) is 0 Å². The molecule has 1 unspecified atom stereocenters. The van der Waals surface area contributed by atoms with Crippen LogP contribution in [0.25, 0.3) is 0 Å². The number of hydrogen-bond donors (Lipinski definition) is 1. The van der Waals surface area contributed by atoms with E-state index < -0.39 is 5.97 Å². The molecule has 0 radical (unpaired) electrons. The molecule has 1 amide bonds. The van der Waals surface area contributed by atoms with Gasteiger partial charge in [0.2, 0.25) is 5.91 Å². The zero-order chi connectivity index (χ0) is 16.7. The molecule has 0 bridgehead atoms. The van der Waals surface area contributed by atoms with E-state index in [9.17, 15) is 9.59 Å². The number of carboxylic acids is 1. The van der Waals surface area contributed by atoms with Crippen LogP contribution in [0.15, 0.2) is 0 Å². The predicted octanol–water partition coefficient (Wildman–Crippen LogP) is 2.46. The third kappa shape index (κ3) is 6.34. The van der Waals surface area contributed by atoms with Crippen molar-refractivity contribution in [1.29, 1.82) is 0 Å². The van der Waals surface area contributed by atoms with E-state index in [4.69, 9.17) is 5.11 Å². The summed E-state index contributed by atoms with van der Waals surface area (Å²) in [5.74, 6) is 0.544. The van der Waals surface area contributed by atoms with Crippen LogP contribution in [0.4, 0.5) is 0 Å². The molecule has 1 aliphatic heterocycles. The average Bonchev–Trinajstić information content (AvgIpc) is 2.43. The van der Waals surface area contributed by atoms with E-state index in [2.05, 4.69) is 20.8 Å². The molecular formula is C17H32N2O3. The minimum atomic E-state index is -0.775. The molecule has 0 aliphatic carbocycles. The van der Waals surface area contributed by atoms with Crippen molar-refractivity contribution in [3.63, 3.8) is 0 Å². The van der Waals surface area contributed by atoms with E-state index >= 15 is 0 Å². The third-order valence-electron chi connectivity index (χ3n) is 4.47. The summed E-state index contributed by atoms with van der Waals surface area (Å²) in [6.45, 7) is 10.9. The number of carboxylic acid groups (broad SMARTS) is 1. The lowest BCUT2D eigenvalue weighted by molar-refractivity contribution is -0.140. The molecule has 1 atom stereocenters. The Kier molecular flexibility index (Phi) is 7.87. The highest BCUT2D eigenvalue weighted by Gasteiger charge is 2.27. The lowest BCUT2D eigenvalue weighted by atomic mass is 9.94. The molecule has 1 N–H and O–H groups in total. The van der Waals surface area contributed by atoms with Gasteiger partial charge in [0, 0.05) is 25.6 Å². The molecule has 1 aliphatic rings. The second-order valence-electron chi connectivity index (χ2n) is 7.01. The monoisotopic (exact) mass is 312 g/mol. The van der Waals surface area contributed by atoms with Gasteiger partial charge >= 0.3 is 5.97 Å². The average molecular weight is 312 g/mol. The van der Waals surface area contributed by atoms with Crippen molar-refractivity contribution < 1.29 is 14.7 Å². The minimum absolute atomic E-state index is 0.0978. The number of piperidine rings is 1. The zero-order valence-corrected chi connectivity index (χ0v) is 14.5. The number of carbonyl (C=O) groups excluding carboxylic acids is 1. The highest BCUT2D eigenvalue weighted by molar-refractivity contribution is 5.76. The predicted molar refractivity (Wildman–Crippen MR) is 87.7 cm³/mol. The van der Waals surface area contributed by atoms with Gasteiger partial charge in [-0.15, -0.1) is 0 Å². The van der Waals surface area contributed by atoms with Gasteiger partial charge in [0.05, 0.1) is 6.54 Å². The van der Waals surface area contributed by atoms with Gasteiger partial charge in [-0.25, -0.2) is 0 Å². The number of likely N-dealkylation sites (N-methyl/N-ethyl adjacent to an activating group) is 1. The van der Waals surface area contributed by atoms with Crippen LogP contribution in [0.3, 0.4) is 0 Å². The highest BCUT2D eigenvalue weighted by atomic mass is 16.4. The quantitative estimate of drug-likeness (QED) is 0.748. The first-order valence-corrected chi connectivity index (χ1v) is 8.57. The maximum Gasteiger partial charge on any atom is 0.317 e. The van der Waals surface area contributed by atoms with Crippen LogP contribution in [0.5, 0.6) is 0 Å². The van der Waals surface area contributed by atoms with Crippen LogP contribution < -0.4 is 0 Å². The Hall–Kier alpha value is -1.10. The van der Waals surface area contributed by atoms with Gasteiger partial charge < -0.3 is 10.0 Å². The van der Waals surface area contributed by atoms with E-state index in [1.54, 1.807) is 0 Å². The smallest absolute Gasteiger partial charge is 0.317 e. The molecule has 22 heavy (non-hydrogen) atoms. The molecule has 0 aromatic carbocycles. The fourth-order valence-electron chi connectivity index (χ4n) is 3.47. The summed E-state index contributed by atoms with van der Waals surface area (Å²) in [6.07, 6.45) is 3.48. The maximum atomic E-state index is 12.3. The number of nitrogens with zero attached hydrogens (tertiary/aromatic N) is 2. The molecule has 0 aromatic heterocycles. The Balaban J connectivity index is 2.40. The van der Waals surface area contributed by atoms with E-state index in [1.807, 2.05) is 16.7 Å². The first-order chi connectivity index (χ1) is 10.3. The summed E-state index contributed by atoms with van der Waals surface area (Å²) >= 11 is 0. The van der Waals surface area contributed by atoms with Crippen molar-refractivity contribution in [3.8, 4) is 0 Å². The van der Waals surface area contributed by atoms with Crippen molar-refractivity contribution in [2.24, 2.45) is 11.8 Å². The SMILES string of the molecule is CCN(CC(=O)O)C1CCN(C(=O)CC(C)CC(C)C)CC1. The first-order valence-electron chi connectivity index (χ1n) is 8.57. The number of amides is 1. The van der Waals surface area contributed by atoms with E-state index in [0.717, 1.165) is 38.9 Å². The molecule has 5 heteroatoms. The van der Waals surface area contributed by atoms with Gasteiger partial charge in [-0.2, -0.15) is 0 Å². The summed E-state index contributed by atoms with van der Waals surface area (Å²) in [5, 5.41) is 8.95. The normalized spacial score (nSPS) is 18.0. The van der Waals surface area contributed by atoms with Gasteiger partial charge in [0.25, 0.3) is 0 Å². The fourth-order valence-corrected chi connectivity index (χ4v) is 3.47. The minimum Gasteiger partial charge on any atom is -0.480 e. The second-order valence-corrected chi connectivity index (χ2v) is 7.01. The highest BCUT2D eigenvalue weighted by Crippen LogP contribution is 2.20. The van der Waals surface area contributed by atoms with Gasteiger partial charge in [-0.3, -0.25) is 14.5 Å². The molecule has 1 saturated heterocycles. The van der Waals surface area contributed by atoms with E-state index in [-0.39, 0.29) is 12.5 Å². The third-order valence-corrected chi connectivity index (χ3v) is 4.47. The summed E-state index contributed by atoms with van der Waals surface area (Å²) in [5.41, 5.74) is 0. The van der Waals surface area contributed by atoms with Crippen LogP contribution in [-0.2, 0) is 9.59 Å². The van der Waals surface area contributed by atoms with E-state index in [0.29, 0.717) is 24.3 Å². The van der Waals surface area contributed by atoms with Crippen LogP contribution in [0.2, 0.25) is 0 Å². The number of rotatable bonds is 8. The lowest BCUT2D eigenvalue weighted by Gasteiger charge is -2.37.